The topological polar surface area (TPSA) is 81.4 Å². The molecule has 7 nitrogen and oxygen atoms in total. The van der Waals surface area contributed by atoms with Gasteiger partial charge in [-0.15, -0.1) is 5.10 Å². The van der Waals surface area contributed by atoms with Crippen molar-refractivity contribution in [2.45, 2.75) is 13.1 Å². The molecule has 4 rings (SSSR count). The normalized spacial score (nSPS) is 10.9. The van der Waals surface area contributed by atoms with Crippen LogP contribution in [-0.2, 0) is 13.1 Å². The van der Waals surface area contributed by atoms with Crippen molar-refractivity contribution < 1.29 is 4.39 Å². The summed E-state index contributed by atoms with van der Waals surface area (Å²) in [6.45, 7) is 0.832. The van der Waals surface area contributed by atoms with E-state index in [0.717, 1.165) is 5.56 Å². The number of benzene rings is 1. The minimum absolute atomic E-state index is 0.254. The molecule has 0 bridgehead atoms. The molecule has 0 amide bonds. The zero-order valence-electron chi connectivity index (χ0n) is 13.2. The summed E-state index contributed by atoms with van der Waals surface area (Å²) < 4.78 is 15.4. The highest BCUT2D eigenvalue weighted by atomic mass is 19.1. The summed E-state index contributed by atoms with van der Waals surface area (Å²) in [5.74, 6) is 0.304. The lowest BCUT2D eigenvalue weighted by atomic mass is 10.2. The SMILES string of the molecule is Fc1ccccc1Cn1nnc2c(NCc3ccncc3)ncnc21. The first-order valence-electron chi connectivity index (χ1n) is 7.71. The Bertz CT molecular complexity index is 1000. The Morgan fingerprint density at radius 1 is 1.04 bits per heavy atom. The lowest BCUT2D eigenvalue weighted by molar-refractivity contribution is 0.582. The van der Waals surface area contributed by atoms with Gasteiger partial charge in [0, 0.05) is 24.5 Å². The maximum Gasteiger partial charge on any atom is 0.184 e. The van der Waals surface area contributed by atoms with Crippen LogP contribution in [0.4, 0.5) is 10.2 Å². The Balaban J connectivity index is 1.61. The average molecular weight is 335 g/mol. The van der Waals surface area contributed by atoms with E-state index >= 15 is 0 Å². The van der Waals surface area contributed by atoms with Crippen molar-refractivity contribution in [1.82, 2.24) is 29.9 Å². The number of fused-ring (bicyclic) bond motifs is 1. The highest BCUT2D eigenvalue weighted by molar-refractivity contribution is 5.81. The first-order valence-corrected chi connectivity index (χ1v) is 7.71. The van der Waals surface area contributed by atoms with Crippen LogP contribution in [-0.4, -0.2) is 29.9 Å². The third-order valence-corrected chi connectivity index (χ3v) is 3.79. The second-order valence-corrected chi connectivity index (χ2v) is 5.44. The van der Waals surface area contributed by atoms with Crippen LogP contribution in [0.15, 0.2) is 55.1 Å². The third-order valence-electron chi connectivity index (χ3n) is 3.79. The van der Waals surface area contributed by atoms with Gasteiger partial charge in [-0.2, -0.15) is 0 Å². The van der Waals surface area contributed by atoms with Crippen LogP contribution in [0.1, 0.15) is 11.1 Å². The highest BCUT2D eigenvalue weighted by Crippen LogP contribution is 2.18. The Kier molecular flexibility index (Phi) is 3.99. The zero-order chi connectivity index (χ0) is 17.1. The van der Waals surface area contributed by atoms with Gasteiger partial charge in [0.25, 0.3) is 0 Å². The number of halogens is 1. The molecule has 0 atom stereocenters. The van der Waals surface area contributed by atoms with Crippen molar-refractivity contribution in [3.63, 3.8) is 0 Å². The first kappa shape index (κ1) is 15.1. The molecule has 0 saturated heterocycles. The van der Waals surface area contributed by atoms with Crippen molar-refractivity contribution in [2.24, 2.45) is 0 Å². The minimum atomic E-state index is -0.281. The molecule has 3 aromatic heterocycles. The molecule has 0 spiro atoms. The highest BCUT2D eigenvalue weighted by Gasteiger charge is 2.13. The summed E-state index contributed by atoms with van der Waals surface area (Å²) in [6, 6.07) is 10.4. The second kappa shape index (κ2) is 6.60. The van der Waals surface area contributed by atoms with Crippen molar-refractivity contribution in [2.75, 3.05) is 5.32 Å². The van der Waals surface area contributed by atoms with Gasteiger partial charge in [0.15, 0.2) is 17.0 Å². The summed E-state index contributed by atoms with van der Waals surface area (Å²) >= 11 is 0. The van der Waals surface area contributed by atoms with Crippen LogP contribution in [0, 0.1) is 5.82 Å². The molecule has 1 N–H and O–H groups in total. The van der Waals surface area contributed by atoms with E-state index in [1.807, 2.05) is 12.1 Å². The van der Waals surface area contributed by atoms with Gasteiger partial charge in [0.05, 0.1) is 6.54 Å². The fourth-order valence-electron chi connectivity index (χ4n) is 2.50. The van der Waals surface area contributed by atoms with E-state index in [2.05, 4.69) is 30.6 Å². The molecule has 124 valence electrons. The monoisotopic (exact) mass is 335 g/mol. The second-order valence-electron chi connectivity index (χ2n) is 5.44. The molecule has 0 radical (unpaired) electrons. The number of anilines is 1. The number of rotatable bonds is 5. The molecule has 8 heteroatoms. The van der Waals surface area contributed by atoms with E-state index in [9.17, 15) is 4.39 Å². The molecular formula is C17H14FN7. The van der Waals surface area contributed by atoms with Crippen molar-refractivity contribution in [3.8, 4) is 0 Å². The van der Waals surface area contributed by atoms with E-state index in [0.29, 0.717) is 29.1 Å². The number of nitrogens with zero attached hydrogens (tertiary/aromatic N) is 6. The number of hydrogen-bond donors (Lipinski definition) is 1. The van der Waals surface area contributed by atoms with Crippen molar-refractivity contribution in [1.29, 1.82) is 0 Å². The molecule has 0 unspecified atom stereocenters. The summed E-state index contributed by atoms with van der Waals surface area (Å²) in [5, 5.41) is 11.5. The first-order chi connectivity index (χ1) is 12.3. The molecular weight excluding hydrogens is 321 g/mol. The van der Waals surface area contributed by atoms with Gasteiger partial charge in [-0.3, -0.25) is 4.98 Å². The lowest BCUT2D eigenvalue weighted by Gasteiger charge is -2.06. The van der Waals surface area contributed by atoms with Crippen LogP contribution >= 0.6 is 0 Å². The molecule has 25 heavy (non-hydrogen) atoms. The largest absolute Gasteiger partial charge is 0.364 e. The number of aromatic nitrogens is 6. The van der Waals surface area contributed by atoms with Crippen LogP contribution in [0.5, 0.6) is 0 Å². The van der Waals surface area contributed by atoms with E-state index < -0.39 is 0 Å². The summed E-state index contributed by atoms with van der Waals surface area (Å²) in [4.78, 5) is 12.5. The van der Waals surface area contributed by atoms with Gasteiger partial charge >= 0.3 is 0 Å². The van der Waals surface area contributed by atoms with Crippen LogP contribution in [0.3, 0.4) is 0 Å². The van der Waals surface area contributed by atoms with Crippen LogP contribution in [0.25, 0.3) is 11.2 Å². The fourth-order valence-corrected chi connectivity index (χ4v) is 2.50. The zero-order valence-corrected chi connectivity index (χ0v) is 13.2. The van der Waals surface area contributed by atoms with Gasteiger partial charge < -0.3 is 5.32 Å². The Morgan fingerprint density at radius 2 is 1.88 bits per heavy atom. The molecule has 0 aliphatic rings. The van der Waals surface area contributed by atoms with Gasteiger partial charge in [-0.1, -0.05) is 23.4 Å². The number of hydrogen-bond acceptors (Lipinski definition) is 6. The fraction of sp³-hybridized carbons (Fsp3) is 0.118. The Hall–Kier alpha value is -3.42. The predicted octanol–water partition coefficient (Wildman–Crippen LogP) is 2.42. The standard InChI is InChI=1S/C17H14FN7/c18-14-4-2-1-3-13(14)10-25-17-15(23-24-25)16(21-11-22-17)20-9-12-5-7-19-8-6-12/h1-8,11H,9-10H2,(H,20,21,22). The maximum absolute atomic E-state index is 13.9. The molecule has 0 saturated carbocycles. The quantitative estimate of drug-likeness (QED) is 0.603. The van der Waals surface area contributed by atoms with Gasteiger partial charge in [0.1, 0.15) is 12.1 Å². The van der Waals surface area contributed by atoms with Gasteiger partial charge in [-0.25, -0.2) is 19.0 Å². The summed E-state index contributed by atoms with van der Waals surface area (Å²) in [7, 11) is 0. The van der Waals surface area contributed by atoms with Crippen LogP contribution in [0.2, 0.25) is 0 Å². The molecule has 1 aromatic carbocycles. The van der Waals surface area contributed by atoms with Gasteiger partial charge in [-0.05, 0) is 23.8 Å². The predicted molar refractivity (Wildman–Crippen MR) is 90.2 cm³/mol. The average Bonchev–Trinajstić information content (AvgIpc) is 3.06. The van der Waals surface area contributed by atoms with E-state index in [1.54, 1.807) is 35.3 Å². The molecule has 0 fully saturated rings. The Morgan fingerprint density at radius 3 is 2.72 bits per heavy atom. The third kappa shape index (κ3) is 3.14. The molecule has 3 heterocycles. The van der Waals surface area contributed by atoms with Crippen molar-refractivity contribution >= 4 is 17.0 Å². The smallest absolute Gasteiger partial charge is 0.184 e. The van der Waals surface area contributed by atoms with Gasteiger partial charge in [0.2, 0.25) is 0 Å². The van der Waals surface area contributed by atoms with Crippen LogP contribution < -0.4 is 5.32 Å². The summed E-state index contributed by atoms with van der Waals surface area (Å²) in [5.41, 5.74) is 2.70. The molecule has 0 aliphatic heterocycles. The van der Waals surface area contributed by atoms with E-state index in [1.165, 1.54) is 12.4 Å². The van der Waals surface area contributed by atoms with Crippen molar-refractivity contribution in [3.05, 3.63) is 72.1 Å². The minimum Gasteiger partial charge on any atom is -0.364 e. The molecule has 4 aromatic rings. The summed E-state index contributed by atoms with van der Waals surface area (Å²) in [6.07, 6.45) is 4.91. The van der Waals surface area contributed by atoms with E-state index in [-0.39, 0.29) is 12.4 Å². The lowest BCUT2D eigenvalue weighted by Crippen LogP contribution is -2.06. The Labute approximate surface area is 142 Å². The van der Waals surface area contributed by atoms with E-state index in [4.69, 9.17) is 0 Å². The maximum atomic E-state index is 13.9. The number of pyridine rings is 1. The number of nitrogens with one attached hydrogen (secondary N) is 1. The molecule has 0 aliphatic carbocycles.